The SMILES string of the molecule is C[C@H](NC1(c2ccccc2-c2ccccc2)CCCCO1)C(=O)N[C@@H](CC(=O)O)C(=O)COc1ccccc1F. The molecule has 1 amide bonds. The molecule has 1 aliphatic rings. The first-order valence-electron chi connectivity index (χ1n) is 13.3. The first-order valence-corrected chi connectivity index (χ1v) is 13.3. The summed E-state index contributed by atoms with van der Waals surface area (Å²) in [5, 5.41) is 15.3. The number of rotatable bonds is 12. The zero-order valence-electron chi connectivity index (χ0n) is 22.3. The van der Waals surface area contributed by atoms with Gasteiger partial charge in [-0.1, -0.05) is 66.7 Å². The summed E-state index contributed by atoms with van der Waals surface area (Å²) in [4.78, 5) is 37.6. The van der Waals surface area contributed by atoms with E-state index in [1.807, 2.05) is 54.6 Å². The maximum Gasteiger partial charge on any atom is 0.305 e. The van der Waals surface area contributed by atoms with Crippen molar-refractivity contribution in [3.63, 3.8) is 0 Å². The molecule has 210 valence electrons. The quantitative estimate of drug-likeness (QED) is 0.307. The normalized spacial score (nSPS) is 18.4. The Morgan fingerprint density at radius 2 is 1.70 bits per heavy atom. The third-order valence-electron chi connectivity index (χ3n) is 6.85. The van der Waals surface area contributed by atoms with Gasteiger partial charge in [-0.25, -0.2) is 4.39 Å². The predicted molar refractivity (Wildman–Crippen MR) is 147 cm³/mol. The van der Waals surface area contributed by atoms with Gasteiger partial charge in [0.05, 0.1) is 12.5 Å². The topological polar surface area (TPSA) is 114 Å². The van der Waals surface area contributed by atoms with Crippen molar-refractivity contribution < 1.29 is 33.4 Å². The number of Topliss-reactive ketones (excluding diaryl/α,β-unsaturated/α-hetero) is 1. The molecule has 1 saturated heterocycles. The fourth-order valence-corrected chi connectivity index (χ4v) is 4.85. The van der Waals surface area contributed by atoms with Crippen molar-refractivity contribution in [2.24, 2.45) is 0 Å². The number of ketones is 1. The average molecular weight is 549 g/mol. The van der Waals surface area contributed by atoms with Gasteiger partial charge in [0, 0.05) is 12.2 Å². The lowest BCUT2D eigenvalue weighted by Crippen LogP contribution is -2.57. The van der Waals surface area contributed by atoms with Crippen LogP contribution in [0.15, 0.2) is 78.9 Å². The Morgan fingerprint density at radius 3 is 2.40 bits per heavy atom. The summed E-state index contributed by atoms with van der Waals surface area (Å²) in [6.45, 7) is 1.54. The highest BCUT2D eigenvalue weighted by Crippen LogP contribution is 2.39. The molecule has 0 radical (unpaired) electrons. The second-order valence-corrected chi connectivity index (χ2v) is 9.75. The van der Waals surface area contributed by atoms with Crippen molar-refractivity contribution in [3.8, 4) is 16.9 Å². The molecule has 1 heterocycles. The molecule has 4 rings (SSSR count). The number of nitrogens with one attached hydrogen (secondary N) is 2. The summed E-state index contributed by atoms with van der Waals surface area (Å²) in [5.41, 5.74) is 1.89. The van der Waals surface area contributed by atoms with Gasteiger partial charge in [0.2, 0.25) is 5.91 Å². The van der Waals surface area contributed by atoms with Crippen LogP contribution >= 0.6 is 0 Å². The van der Waals surface area contributed by atoms with Gasteiger partial charge in [0.15, 0.2) is 17.3 Å². The lowest BCUT2D eigenvalue weighted by Gasteiger charge is -2.41. The summed E-state index contributed by atoms with van der Waals surface area (Å²) in [5.74, 6) is -3.32. The monoisotopic (exact) mass is 548 g/mol. The molecule has 8 nitrogen and oxygen atoms in total. The molecule has 0 aromatic heterocycles. The number of hydrogen-bond donors (Lipinski definition) is 3. The Hall–Kier alpha value is -4.08. The summed E-state index contributed by atoms with van der Waals surface area (Å²) in [6.07, 6.45) is 1.73. The van der Waals surface area contributed by atoms with Crippen LogP contribution in [-0.2, 0) is 24.8 Å². The van der Waals surface area contributed by atoms with Crippen LogP contribution in [0.2, 0.25) is 0 Å². The van der Waals surface area contributed by atoms with Gasteiger partial charge in [-0.15, -0.1) is 0 Å². The van der Waals surface area contributed by atoms with E-state index in [9.17, 15) is 23.9 Å². The van der Waals surface area contributed by atoms with Crippen molar-refractivity contribution in [1.29, 1.82) is 0 Å². The minimum atomic E-state index is -1.36. The van der Waals surface area contributed by atoms with E-state index < -0.39 is 54.3 Å². The van der Waals surface area contributed by atoms with E-state index in [1.165, 1.54) is 18.2 Å². The van der Waals surface area contributed by atoms with Crippen LogP contribution in [0.3, 0.4) is 0 Å². The van der Waals surface area contributed by atoms with E-state index in [4.69, 9.17) is 9.47 Å². The van der Waals surface area contributed by atoms with Gasteiger partial charge in [-0.2, -0.15) is 0 Å². The molecule has 3 aromatic rings. The molecule has 3 aromatic carbocycles. The van der Waals surface area contributed by atoms with Crippen molar-refractivity contribution in [3.05, 3.63) is 90.2 Å². The Labute approximate surface area is 232 Å². The summed E-state index contributed by atoms with van der Waals surface area (Å²) >= 11 is 0. The zero-order valence-corrected chi connectivity index (χ0v) is 22.3. The van der Waals surface area contributed by atoms with Crippen molar-refractivity contribution in [1.82, 2.24) is 10.6 Å². The number of carboxylic acid groups (broad SMARTS) is 1. The molecule has 0 bridgehead atoms. The molecule has 1 aliphatic heterocycles. The minimum absolute atomic E-state index is 0.139. The largest absolute Gasteiger partial charge is 0.483 e. The second-order valence-electron chi connectivity index (χ2n) is 9.75. The number of para-hydroxylation sites is 1. The Kier molecular flexibility index (Phi) is 9.63. The maximum absolute atomic E-state index is 13.9. The number of ether oxygens (including phenoxy) is 2. The third-order valence-corrected chi connectivity index (χ3v) is 6.85. The molecule has 40 heavy (non-hydrogen) atoms. The number of carbonyl (C=O) groups excluding carboxylic acids is 2. The number of benzene rings is 3. The number of amides is 1. The number of halogens is 1. The van der Waals surface area contributed by atoms with E-state index in [2.05, 4.69) is 10.6 Å². The highest BCUT2D eigenvalue weighted by molar-refractivity contribution is 5.94. The molecule has 0 aliphatic carbocycles. The third kappa shape index (κ3) is 7.11. The van der Waals surface area contributed by atoms with Gasteiger partial charge < -0.3 is 19.9 Å². The van der Waals surface area contributed by atoms with E-state index in [-0.39, 0.29) is 5.75 Å². The fourth-order valence-electron chi connectivity index (χ4n) is 4.85. The molecular formula is C31H33FN2O6. The number of carbonyl (C=O) groups is 3. The Bertz CT molecular complexity index is 1330. The highest BCUT2D eigenvalue weighted by atomic mass is 19.1. The maximum atomic E-state index is 13.9. The van der Waals surface area contributed by atoms with Gasteiger partial charge >= 0.3 is 5.97 Å². The average Bonchev–Trinajstić information content (AvgIpc) is 2.97. The van der Waals surface area contributed by atoms with Crippen LogP contribution in [0.25, 0.3) is 11.1 Å². The smallest absolute Gasteiger partial charge is 0.305 e. The number of carboxylic acids is 1. The number of aliphatic carboxylic acids is 1. The zero-order chi connectivity index (χ0) is 28.5. The molecule has 9 heteroatoms. The van der Waals surface area contributed by atoms with Crippen LogP contribution < -0.4 is 15.4 Å². The standard InChI is InChI=1S/C31H33FN2O6/c1-21(30(38)33-26(19-29(36)37)27(35)20-39-28-16-8-7-15-25(28)32)34-31(17-9-10-18-40-31)24-14-6-5-13-23(24)22-11-3-2-4-12-22/h2-8,11-16,21,26,34H,9-10,17-20H2,1H3,(H,33,38)(H,36,37)/t21-,26-,31?/m0/s1. The Morgan fingerprint density at radius 1 is 1.00 bits per heavy atom. The van der Waals surface area contributed by atoms with E-state index in [0.717, 1.165) is 29.5 Å². The molecule has 3 N–H and O–H groups in total. The number of hydrogen-bond acceptors (Lipinski definition) is 6. The first-order chi connectivity index (χ1) is 19.3. The van der Waals surface area contributed by atoms with Crippen molar-refractivity contribution in [2.45, 2.75) is 50.4 Å². The van der Waals surface area contributed by atoms with Crippen LogP contribution in [0.1, 0.15) is 38.2 Å². The van der Waals surface area contributed by atoms with E-state index in [1.54, 1.807) is 13.0 Å². The Balaban J connectivity index is 1.51. The van der Waals surface area contributed by atoms with Gasteiger partial charge in [0.1, 0.15) is 18.4 Å². The van der Waals surface area contributed by atoms with Gasteiger partial charge in [0.25, 0.3) is 0 Å². The molecule has 0 saturated carbocycles. The van der Waals surface area contributed by atoms with Gasteiger partial charge in [-0.05, 0) is 49.4 Å². The first kappa shape index (κ1) is 28.9. The van der Waals surface area contributed by atoms with Crippen LogP contribution in [-0.4, -0.2) is 48.1 Å². The van der Waals surface area contributed by atoms with E-state index in [0.29, 0.717) is 13.0 Å². The van der Waals surface area contributed by atoms with E-state index >= 15 is 0 Å². The molecular weight excluding hydrogens is 515 g/mol. The lowest BCUT2D eigenvalue weighted by atomic mass is 9.87. The molecule has 1 fully saturated rings. The highest BCUT2D eigenvalue weighted by Gasteiger charge is 2.40. The van der Waals surface area contributed by atoms with Gasteiger partial charge in [-0.3, -0.25) is 19.7 Å². The van der Waals surface area contributed by atoms with Crippen molar-refractivity contribution >= 4 is 17.7 Å². The summed E-state index contributed by atoms with van der Waals surface area (Å²) in [7, 11) is 0. The summed E-state index contributed by atoms with van der Waals surface area (Å²) in [6, 6.07) is 21.1. The fraction of sp³-hybridized carbons (Fsp3) is 0.323. The van der Waals surface area contributed by atoms with Crippen molar-refractivity contribution in [2.75, 3.05) is 13.2 Å². The molecule has 3 atom stereocenters. The molecule has 1 unspecified atom stereocenters. The van der Waals surface area contributed by atoms with Crippen LogP contribution in [0.4, 0.5) is 4.39 Å². The van der Waals surface area contributed by atoms with Crippen LogP contribution in [0, 0.1) is 5.82 Å². The second kappa shape index (κ2) is 13.3. The summed E-state index contributed by atoms with van der Waals surface area (Å²) < 4.78 is 25.5. The lowest BCUT2D eigenvalue weighted by molar-refractivity contribution is -0.142. The van der Waals surface area contributed by atoms with Crippen LogP contribution in [0.5, 0.6) is 5.75 Å². The molecule has 0 spiro atoms. The minimum Gasteiger partial charge on any atom is -0.483 e. The predicted octanol–water partition coefficient (Wildman–Crippen LogP) is 4.43.